The van der Waals surface area contributed by atoms with Gasteiger partial charge in [0.2, 0.25) is 5.91 Å². The van der Waals surface area contributed by atoms with Gasteiger partial charge in [0.1, 0.15) is 12.4 Å². The van der Waals surface area contributed by atoms with E-state index in [2.05, 4.69) is 10.3 Å². The lowest BCUT2D eigenvalue weighted by Crippen LogP contribution is -2.43. The summed E-state index contributed by atoms with van der Waals surface area (Å²) < 4.78 is 45.5. The average molecular weight is 406 g/mol. The third-order valence-electron chi connectivity index (χ3n) is 5.39. The second-order valence-electron chi connectivity index (χ2n) is 7.49. The van der Waals surface area contributed by atoms with E-state index in [0.29, 0.717) is 25.2 Å². The lowest BCUT2D eigenvalue weighted by atomic mass is 9.78. The van der Waals surface area contributed by atoms with Crippen LogP contribution in [0.15, 0.2) is 48.8 Å². The van der Waals surface area contributed by atoms with Crippen molar-refractivity contribution in [2.24, 2.45) is 11.8 Å². The molecule has 0 bridgehead atoms. The van der Waals surface area contributed by atoms with Crippen LogP contribution < -0.4 is 10.1 Å². The predicted octanol–water partition coefficient (Wildman–Crippen LogP) is 5.21. The Kier molecular flexibility index (Phi) is 6.77. The Hall–Kier alpha value is -2.57. The molecule has 1 aromatic heterocycles. The molecule has 1 heterocycles. The van der Waals surface area contributed by atoms with E-state index in [1.54, 1.807) is 31.5 Å². The third kappa shape index (κ3) is 5.71. The van der Waals surface area contributed by atoms with Gasteiger partial charge >= 0.3 is 6.18 Å². The van der Waals surface area contributed by atoms with Crippen LogP contribution >= 0.6 is 0 Å². The highest BCUT2D eigenvalue weighted by Gasteiger charge is 2.48. The zero-order valence-electron chi connectivity index (χ0n) is 16.3. The molecule has 1 aliphatic carbocycles. The van der Waals surface area contributed by atoms with Crippen LogP contribution in [0.25, 0.3) is 0 Å². The number of nitrogens with zero attached hydrogens (tertiary/aromatic N) is 1. The molecular weight excluding hydrogens is 381 g/mol. The summed E-state index contributed by atoms with van der Waals surface area (Å²) in [6.07, 6.45) is 0.567. The first kappa shape index (κ1) is 21.1. The molecule has 1 N–H and O–H groups in total. The molecule has 3 atom stereocenters. The minimum atomic E-state index is -4.33. The molecule has 29 heavy (non-hydrogen) atoms. The standard InChI is InChI=1S/C22H25F3N2O2/c1-15(27-21(28)19-6-2-3-7-20(19)22(23,24)25)17-8-10-18(11-9-17)29-14-16-5-4-12-26-13-16/h4-5,8-13,15,19-20H,2-3,6-7,14H2,1H3,(H,27,28). The summed E-state index contributed by atoms with van der Waals surface area (Å²) >= 11 is 0. The molecule has 1 amide bonds. The number of hydrogen-bond acceptors (Lipinski definition) is 3. The molecule has 0 radical (unpaired) electrons. The van der Waals surface area contributed by atoms with Crippen molar-refractivity contribution >= 4 is 5.91 Å². The highest BCUT2D eigenvalue weighted by atomic mass is 19.4. The van der Waals surface area contributed by atoms with Crippen LogP contribution in [0.4, 0.5) is 13.2 Å². The number of halogens is 3. The van der Waals surface area contributed by atoms with Crippen LogP contribution in [-0.4, -0.2) is 17.1 Å². The number of carbonyl (C=O) groups is 1. The fraction of sp³-hybridized carbons (Fsp3) is 0.455. The number of alkyl halides is 3. The molecule has 1 aliphatic rings. The quantitative estimate of drug-likeness (QED) is 0.717. The fourth-order valence-electron chi connectivity index (χ4n) is 3.74. The maximum absolute atomic E-state index is 13.3. The van der Waals surface area contributed by atoms with Crippen LogP contribution in [0.1, 0.15) is 49.8 Å². The van der Waals surface area contributed by atoms with Crippen LogP contribution in [-0.2, 0) is 11.4 Å². The zero-order valence-corrected chi connectivity index (χ0v) is 16.3. The summed E-state index contributed by atoms with van der Waals surface area (Å²) in [6, 6.07) is 10.6. The van der Waals surface area contributed by atoms with Crippen molar-refractivity contribution in [3.05, 3.63) is 59.9 Å². The second kappa shape index (κ2) is 9.29. The van der Waals surface area contributed by atoms with E-state index in [9.17, 15) is 18.0 Å². The highest BCUT2D eigenvalue weighted by Crippen LogP contribution is 2.41. The van der Waals surface area contributed by atoms with Gasteiger partial charge in [0, 0.05) is 23.9 Å². The number of aromatic nitrogens is 1. The second-order valence-corrected chi connectivity index (χ2v) is 7.49. The Morgan fingerprint density at radius 2 is 1.93 bits per heavy atom. The van der Waals surface area contributed by atoms with Gasteiger partial charge in [-0.05, 0) is 43.5 Å². The van der Waals surface area contributed by atoms with Crippen LogP contribution in [0.5, 0.6) is 5.75 Å². The van der Waals surface area contributed by atoms with E-state index in [1.165, 1.54) is 0 Å². The van der Waals surface area contributed by atoms with Gasteiger partial charge in [-0.1, -0.05) is 31.0 Å². The van der Waals surface area contributed by atoms with E-state index in [0.717, 1.165) is 11.1 Å². The number of nitrogens with one attached hydrogen (secondary N) is 1. The molecule has 4 nitrogen and oxygen atoms in total. The van der Waals surface area contributed by atoms with Gasteiger partial charge in [-0.2, -0.15) is 13.2 Å². The van der Waals surface area contributed by atoms with Crippen molar-refractivity contribution in [1.29, 1.82) is 0 Å². The summed E-state index contributed by atoms with van der Waals surface area (Å²) in [6.45, 7) is 2.16. The number of carbonyl (C=O) groups excluding carboxylic acids is 1. The van der Waals surface area contributed by atoms with Gasteiger partial charge in [0.05, 0.1) is 12.0 Å². The summed E-state index contributed by atoms with van der Waals surface area (Å²) in [5.74, 6) is -2.41. The highest BCUT2D eigenvalue weighted by molar-refractivity contribution is 5.79. The summed E-state index contributed by atoms with van der Waals surface area (Å²) in [7, 11) is 0. The first-order chi connectivity index (χ1) is 13.8. The van der Waals surface area contributed by atoms with Crippen LogP contribution in [0, 0.1) is 11.8 Å². The van der Waals surface area contributed by atoms with Gasteiger partial charge in [-0.25, -0.2) is 0 Å². The smallest absolute Gasteiger partial charge is 0.392 e. The minimum absolute atomic E-state index is 0.0267. The van der Waals surface area contributed by atoms with Crippen molar-refractivity contribution < 1.29 is 22.7 Å². The monoisotopic (exact) mass is 406 g/mol. The molecule has 0 spiro atoms. The average Bonchev–Trinajstić information content (AvgIpc) is 2.72. The molecule has 1 aromatic carbocycles. The summed E-state index contributed by atoms with van der Waals surface area (Å²) in [5.41, 5.74) is 1.76. The molecule has 0 aliphatic heterocycles. The first-order valence-electron chi connectivity index (χ1n) is 9.83. The van der Waals surface area contributed by atoms with E-state index >= 15 is 0 Å². The van der Waals surface area contributed by atoms with Gasteiger partial charge in [0.25, 0.3) is 0 Å². The van der Waals surface area contributed by atoms with Crippen molar-refractivity contribution in [1.82, 2.24) is 10.3 Å². The number of pyridine rings is 1. The van der Waals surface area contributed by atoms with Gasteiger partial charge in [-0.15, -0.1) is 0 Å². The fourth-order valence-corrected chi connectivity index (χ4v) is 3.74. The molecule has 0 saturated heterocycles. The molecule has 3 unspecified atom stereocenters. The van der Waals surface area contributed by atoms with Crippen molar-refractivity contribution in [2.45, 2.75) is 51.4 Å². The Labute approximate surface area is 168 Å². The van der Waals surface area contributed by atoms with E-state index in [4.69, 9.17) is 4.74 Å². The van der Waals surface area contributed by atoms with Gasteiger partial charge in [-0.3, -0.25) is 9.78 Å². The van der Waals surface area contributed by atoms with E-state index in [-0.39, 0.29) is 18.9 Å². The van der Waals surface area contributed by atoms with Crippen LogP contribution in [0.2, 0.25) is 0 Å². The van der Waals surface area contributed by atoms with Crippen molar-refractivity contribution in [3.8, 4) is 5.75 Å². The van der Waals surface area contributed by atoms with Crippen molar-refractivity contribution in [2.75, 3.05) is 0 Å². The molecule has 1 saturated carbocycles. The van der Waals surface area contributed by atoms with E-state index < -0.39 is 23.9 Å². The normalized spacial score (nSPS) is 20.7. The maximum atomic E-state index is 13.3. The Morgan fingerprint density at radius 1 is 1.21 bits per heavy atom. The number of hydrogen-bond donors (Lipinski definition) is 1. The predicted molar refractivity (Wildman–Crippen MR) is 103 cm³/mol. The molecule has 2 aromatic rings. The molecule has 1 fully saturated rings. The Bertz CT molecular complexity index is 794. The lowest BCUT2D eigenvalue weighted by Gasteiger charge is -2.32. The minimum Gasteiger partial charge on any atom is -0.489 e. The zero-order chi connectivity index (χ0) is 20.9. The topological polar surface area (TPSA) is 51.2 Å². The van der Waals surface area contributed by atoms with Crippen LogP contribution in [0.3, 0.4) is 0 Å². The first-order valence-corrected chi connectivity index (χ1v) is 9.83. The van der Waals surface area contributed by atoms with Crippen molar-refractivity contribution in [3.63, 3.8) is 0 Å². The molecule has 7 heteroatoms. The molecular formula is C22H25F3N2O2. The van der Waals surface area contributed by atoms with E-state index in [1.807, 2.05) is 24.3 Å². The number of benzene rings is 1. The van der Waals surface area contributed by atoms with Gasteiger partial charge in [0.15, 0.2) is 0 Å². The third-order valence-corrected chi connectivity index (χ3v) is 5.39. The molecule has 156 valence electrons. The Morgan fingerprint density at radius 3 is 2.59 bits per heavy atom. The summed E-state index contributed by atoms with van der Waals surface area (Å²) in [5, 5.41) is 2.76. The van der Waals surface area contributed by atoms with Gasteiger partial charge < -0.3 is 10.1 Å². The number of rotatable bonds is 6. The SMILES string of the molecule is CC(NC(=O)C1CCCCC1C(F)(F)F)c1ccc(OCc2cccnc2)cc1. The largest absolute Gasteiger partial charge is 0.489 e. The lowest BCUT2D eigenvalue weighted by molar-refractivity contribution is -0.198. The Balaban J connectivity index is 1.57. The number of amides is 1. The summed E-state index contributed by atoms with van der Waals surface area (Å²) in [4.78, 5) is 16.6. The number of ether oxygens (including phenoxy) is 1. The molecule has 3 rings (SSSR count). The maximum Gasteiger partial charge on any atom is 0.392 e.